The lowest BCUT2D eigenvalue weighted by molar-refractivity contribution is -0.375. The summed E-state index contributed by atoms with van der Waals surface area (Å²) in [7, 11) is 0. The number of ether oxygens (including phenoxy) is 10. The van der Waals surface area contributed by atoms with Gasteiger partial charge in [0.2, 0.25) is 5.91 Å². The van der Waals surface area contributed by atoms with Crippen molar-refractivity contribution in [1.82, 2.24) is 5.32 Å². The summed E-state index contributed by atoms with van der Waals surface area (Å²) in [5.74, 6) is 0.0747. The third-order valence-corrected chi connectivity index (χ3v) is 11.5. The van der Waals surface area contributed by atoms with Crippen LogP contribution in [0.3, 0.4) is 0 Å². The Morgan fingerprint density at radius 1 is 0.424 bits per heavy atom. The predicted octanol–water partition coefficient (Wildman–Crippen LogP) is -10.9. The molecule has 5 saturated heterocycles. The van der Waals surface area contributed by atoms with Gasteiger partial charge in [-0.3, -0.25) is 4.79 Å². The van der Waals surface area contributed by atoms with Crippen LogP contribution < -0.4 is 5.32 Å². The van der Waals surface area contributed by atoms with Crippen LogP contribution in [0.25, 0.3) is 0 Å². The highest BCUT2D eigenvalue weighted by Crippen LogP contribution is 2.34. The van der Waals surface area contributed by atoms with E-state index in [-0.39, 0.29) is 19.0 Å². The first-order valence-electron chi connectivity index (χ1n) is 20.8. The number of nitrogens with one attached hydrogen (secondary N) is 1. The molecule has 0 aromatic heterocycles. The van der Waals surface area contributed by atoms with Crippen LogP contribution in [-0.2, 0) is 52.2 Å². The van der Waals surface area contributed by atoms with Crippen LogP contribution in [0.2, 0.25) is 0 Å². The van der Waals surface area contributed by atoms with Gasteiger partial charge < -0.3 is 134 Å². The maximum Gasteiger partial charge on any atom is 0.217 e. The second-order valence-electron chi connectivity index (χ2n) is 15.7. The van der Waals surface area contributed by atoms with Crippen LogP contribution in [-0.4, -0.2) is 299 Å². The standard InChI is InChI=1S/C22H39NO16S.C14H26O11S/c1-7(27)23-11-14(30)18(10(6-26)37-20(11)34-2-3-40)38-22-17(33)19(13(29)9(5-25)36-22)39-21-16(32)15(31)12(28)8(4-24)35-21;15-3-5-7(17)9(19)10(20)14(24-5)25-12-8(18)6(4-16)23-13(11(12)21)22-1-2-26/h8-22,24-26,28-33,40H,2-6H2,1H3,(H,23,27);5-21,26H,1-4H2/t8?,9?,10?,11?,12-,13-,14+,15-,16?,17?,18+,19-,20+,21+,22-;5?,6?,7-,8-,9-,10?,11?,12-,13+,14+/m00/s1. The first-order chi connectivity index (χ1) is 31.3. The van der Waals surface area contributed by atoms with E-state index in [1.54, 1.807) is 0 Å². The minimum atomic E-state index is -1.89. The van der Waals surface area contributed by atoms with Gasteiger partial charge in [0, 0.05) is 18.4 Å². The van der Waals surface area contributed by atoms with Crippen molar-refractivity contribution in [3.63, 3.8) is 0 Å². The lowest BCUT2D eigenvalue weighted by Crippen LogP contribution is -2.68. The second-order valence-corrected chi connectivity index (χ2v) is 16.6. The maximum absolute atomic E-state index is 11.8. The van der Waals surface area contributed by atoms with E-state index in [0.717, 1.165) is 0 Å². The summed E-state index contributed by atoms with van der Waals surface area (Å²) in [4.78, 5) is 11.8. The fourth-order valence-corrected chi connectivity index (χ4v) is 7.82. The number of hydrogen-bond acceptors (Lipinski definition) is 29. The normalized spacial score (nSPS) is 46.6. The molecule has 10 unspecified atom stereocenters. The quantitative estimate of drug-likeness (QED) is 0.0567. The number of aliphatic hydroxyl groups is 16. The van der Waals surface area contributed by atoms with Gasteiger partial charge in [-0.05, 0) is 0 Å². The summed E-state index contributed by atoms with van der Waals surface area (Å²) in [5, 5.41) is 163. The summed E-state index contributed by atoms with van der Waals surface area (Å²) in [6, 6.07) is -1.19. The van der Waals surface area contributed by atoms with E-state index in [9.17, 15) is 86.5 Å². The van der Waals surface area contributed by atoms with Crippen molar-refractivity contribution >= 4 is 31.2 Å². The maximum atomic E-state index is 11.8. The van der Waals surface area contributed by atoms with E-state index in [1.807, 2.05) is 0 Å². The van der Waals surface area contributed by atoms with Crippen molar-refractivity contribution in [1.29, 1.82) is 0 Å². The molecule has 66 heavy (non-hydrogen) atoms. The Hall–Kier alpha value is -0.870. The van der Waals surface area contributed by atoms with Gasteiger partial charge in [-0.15, -0.1) is 0 Å². The molecule has 5 rings (SSSR count). The fourth-order valence-electron chi connectivity index (χ4n) is 7.61. The zero-order chi connectivity index (χ0) is 49.2. The average molecular weight is 1010 g/mol. The summed E-state index contributed by atoms with van der Waals surface area (Å²) >= 11 is 8.02. The first kappa shape index (κ1) is 57.7. The van der Waals surface area contributed by atoms with E-state index in [1.165, 1.54) is 6.92 Å². The first-order valence-corrected chi connectivity index (χ1v) is 22.1. The number of hydrogen-bond donors (Lipinski definition) is 19. The Morgan fingerprint density at radius 3 is 1.15 bits per heavy atom. The molecule has 25 atom stereocenters. The number of amides is 1. The molecule has 0 bridgehead atoms. The van der Waals surface area contributed by atoms with Gasteiger partial charge in [-0.1, -0.05) is 0 Å². The predicted molar refractivity (Wildman–Crippen MR) is 217 cm³/mol. The van der Waals surface area contributed by atoms with Crippen molar-refractivity contribution in [2.45, 2.75) is 160 Å². The molecule has 0 spiro atoms. The molecule has 5 heterocycles. The molecule has 5 aliphatic rings. The molecular formula is C36H65NO27S2. The zero-order valence-electron chi connectivity index (χ0n) is 35.3. The van der Waals surface area contributed by atoms with Crippen LogP contribution in [0.1, 0.15) is 6.92 Å². The Morgan fingerprint density at radius 2 is 0.758 bits per heavy atom. The van der Waals surface area contributed by atoms with Gasteiger partial charge in [0.1, 0.15) is 122 Å². The Kier molecular flexibility index (Phi) is 23.7. The number of carbonyl (C=O) groups excluding carboxylic acids is 1. The number of carbonyl (C=O) groups is 1. The van der Waals surface area contributed by atoms with E-state index >= 15 is 0 Å². The van der Waals surface area contributed by atoms with Crippen molar-refractivity contribution in [2.75, 3.05) is 57.8 Å². The zero-order valence-corrected chi connectivity index (χ0v) is 37.1. The smallest absolute Gasteiger partial charge is 0.217 e. The second kappa shape index (κ2) is 27.1. The Labute approximate surface area is 387 Å². The largest absolute Gasteiger partial charge is 0.394 e. The summed E-state index contributed by atoms with van der Waals surface area (Å²) in [6.07, 6.45) is -37.0. The van der Waals surface area contributed by atoms with Gasteiger partial charge in [-0.2, -0.15) is 25.3 Å². The molecule has 0 aliphatic carbocycles. The summed E-state index contributed by atoms with van der Waals surface area (Å²) in [5.41, 5.74) is 0. The van der Waals surface area contributed by atoms with Crippen molar-refractivity contribution in [2.24, 2.45) is 0 Å². The summed E-state index contributed by atoms with van der Waals surface area (Å²) in [6.45, 7) is -2.12. The van der Waals surface area contributed by atoms with Crippen molar-refractivity contribution < 1.29 is 134 Å². The van der Waals surface area contributed by atoms with Gasteiger partial charge in [0.05, 0.1) is 46.2 Å². The monoisotopic (exact) mass is 1010 g/mol. The van der Waals surface area contributed by atoms with E-state index in [2.05, 4.69) is 30.6 Å². The molecule has 5 aliphatic heterocycles. The molecule has 30 heteroatoms. The third kappa shape index (κ3) is 13.7. The Balaban J connectivity index is 0.000000316. The number of rotatable bonds is 18. The van der Waals surface area contributed by atoms with E-state index in [4.69, 9.17) is 47.4 Å². The van der Waals surface area contributed by atoms with E-state index < -0.39 is 192 Å². The van der Waals surface area contributed by atoms with Crippen LogP contribution in [0.15, 0.2) is 0 Å². The Bertz CT molecular complexity index is 1420. The number of thiol groups is 2. The van der Waals surface area contributed by atoms with Gasteiger partial charge >= 0.3 is 0 Å². The fraction of sp³-hybridized carbons (Fsp3) is 0.972. The van der Waals surface area contributed by atoms with Crippen LogP contribution >= 0.6 is 25.3 Å². The average Bonchev–Trinajstić information content (AvgIpc) is 3.30. The molecule has 5 fully saturated rings. The van der Waals surface area contributed by atoms with E-state index in [0.29, 0.717) is 5.75 Å². The molecule has 17 N–H and O–H groups in total. The van der Waals surface area contributed by atoms with Crippen LogP contribution in [0, 0.1) is 0 Å². The highest BCUT2D eigenvalue weighted by atomic mass is 32.1. The van der Waals surface area contributed by atoms with Crippen molar-refractivity contribution in [3.8, 4) is 0 Å². The lowest BCUT2D eigenvalue weighted by Gasteiger charge is -2.48. The molecule has 0 saturated carbocycles. The van der Waals surface area contributed by atoms with Crippen LogP contribution in [0.4, 0.5) is 0 Å². The van der Waals surface area contributed by atoms with Crippen LogP contribution in [0.5, 0.6) is 0 Å². The highest BCUT2D eigenvalue weighted by Gasteiger charge is 2.55. The molecule has 0 aromatic carbocycles. The third-order valence-electron chi connectivity index (χ3n) is 11.2. The minimum Gasteiger partial charge on any atom is -0.394 e. The molecular weight excluding hydrogens is 943 g/mol. The summed E-state index contributed by atoms with van der Waals surface area (Å²) < 4.78 is 54.4. The molecule has 0 aromatic rings. The van der Waals surface area contributed by atoms with Gasteiger partial charge in [0.25, 0.3) is 0 Å². The highest BCUT2D eigenvalue weighted by molar-refractivity contribution is 7.80. The lowest BCUT2D eigenvalue weighted by atomic mass is 9.95. The molecule has 28 nitrogen and oxygen atoms in total. The molecule has 0 radical (unpaired) electrons. The number of aliphatic hydroxyl groups excluding tert-OH is 16. The van der Waals surface area contributed by atoms with Gasteiger partial charge in [0.15, 0.2) is 31.5 Å². The van der Waals surface area contributed by atoms with Crippen molar-refractivity contribution in [3.05, 3.63) is 0 Å². The minimum absolute atomic E-state index is 0.0811. The topological polar surface area (TPSA) is 445 Å². The SMILES string of the molecule is CC(=O)NC1[C@H](OCCS)OC(CO)[C@@H](O[C@@H]2OC(CO)[C@H](O)[C@H](O[C@H]3OC(CO)[C@H](O)[C@H](O)C3O)C2O)[C@@H]1O.OCC1O[C@H](O[C@@H]2C(O)[C@H](OCCS)OC(CO)[C@@H]2O)C(O)[C@@H](O)[C@H]1O. The molecule has 1 amide bonds. The molecule has 388 valence electrons. The van der Waals surface area contributed by atoms with Gasteiger partial charge in [-0.25, -0.2) is 0 Å².